The minimum absolute atomic E-state index is 0.0760. The molecule has 1 saturated heterocycles. The van der Waals surface area contributed by atoms with Crippen LogP contribution in [0.3, 0.4) is 0 Å². The molecule has 2 aliphatic rings. The van der Waals surface area contributed by atoms with Crippen LogP contribution in [0.15, 0.2) is 20.5 Å². The maximum atomic E-state index is 12.8. The number of nitrogen functional groups attached to an aromatic ring is 1. The highest BCUT2D eigenvalue weighted by Crippen LogP contribution is 2.43. The lowest BCUT2D eigenvalue weighted by molar-refractivity contribution is -0.153. The van der Waals surface area contributed by atoms with Gasteiger partial charge in [0.1, 0.15) is 18.8 Å². The van der Waals surface area contributed by atoms with Crippen LogP contribution in [0.25, 0.3) is 0 Å². The summed E-state index contributed by atoms with van der Waals surface area (Å²) in [6, 6.07) is -1.52. The lowest BCUT2D eigenvalue weighted by Gasteiger charge is -2.49. The normalized spacial score (nSPS) is 20.4. The summed E-state index contributed by atoms with van der Waals surface area (Å²) in [5, 5.41) is 17.7. The van der Waals surface area contributed by atoms with E-state index in [0.29, 0.717) is 9.99 Å². The summed E-state index contributed by atoms with van der Waals surface area (Å²) in [5.41, 5.74) is 5.42. The van der Waals surface area contributed by atoms with Gasteiger partial charge in [0.15, 0.2) is 16.5 Å². The van der Waals surface area contributed by atoms with Crippen LogP contribution < -0.4 is 11.1 Å². The summed E-state index contributed by atoms with van der Waals surface area (Å²) in [4.78, 5) is 58.8. The van der Waals surface area contributed by atoms with Crippen molar-refractivity contribution in [2.45, 2.75) is 19.0 Å². The molecule has 15 heteroatoms. The predicted octanol–water partition coefficient (Wildman–Crippen LogP) is 0.0682. The van der Waals surface area contributed by atoms with E-state index in [-0.39, 0.29) is 34.6 Å². The van der Waals surface area contributed by atoms with E-state index < -0.39 is 35.8 Å². The molecule has 172 valence electrons. The molecule has 32 heavy (non-hydrogen) atoms. The van der Waals surface area contributed by atoms with Crippen molar-refractivity contribution in [2.24, 2.45) is 5.16 Å². The highest BCUT2D eigenvalue weighted by Gasteiger charge is 2.54. The molecule has 2 aliphatic heterocycles. The van der Waals surface area contributed by atoms with Gasteiger partial charge in [0.2, 0.25) is 0 Å². The standard InChI is InChI=1S/C17H19N5O7S3/c1-3-29-9(23)6-31-16-12(15(26)27)22-8(5-30-16)11(14(22)25)20-13(24)10(21-28-2)7-4-32-17(18)19-7/h4,8,11H,3,5-6H2,1-2H3,(H2,18,19)(H,20,24)(H,26,27). The lowest BCUT2D eigenvalue weighted by atomic mass is 9.95. The van der Waals surface area contributed by atoms with Crippen LogP contribution in [-0.4, -0.2) is 81.8 Å². The molecule has 12 nitrogen and oxygen atoms in total. The van der Waals surface area contributed by atoms with E-state index >= 15 is 0 Å². The minimum Gasteiger partial charge on any atom is -0.477 e. The number of thioether (sulfide) groups is 2. The molecule has 1 fully saturated rings. The van der Waals surface area contributed by atoms with Crippen molar-refractivity contribution in [2.75, 3.05) is 31.0 Å². The number of amides is 2. The first-order valence-electron chi connectivity index (χ1n) is 9.13. The quantitative estimate of drug-likeness (QED) is 0.181. The highest BCUT2D eigenvalue weighted by atomic mass is 32.2. The topological polar surface area (TPSA) is 174 Å². The number of rotatable bonds is 9. The Morgan fingerprint density at radius 2 is 2.22 bits per heavy atom. The van der Waals surface area contributed by atoms with Crippen LogP contribution in [0.1, 0.15) is 12.6 Å². The number of hydrogen-bond donors (Lipinski definition) is 3. The summed E-state index contributed by atoms with van der Waals surface area (Å²) in [5.74, 6) is -2.81. The molecule has 4 N–H and O–H groups in total. The Bertz CT molecular complexity index is 1010. The number of aliphatic carboxylic acids is 1. The van der Waals surface area contributed by atoms with Crippen molar-refractivity contribution in [3.8, 4) is 0 Å². The van der Waals surface area contributed by atoms with Gasteiger partial charge in [-0.15, -0.1) is 34.9 Å². The third-order valence-electron chi connectivity index (χ3n) is 4.32. The first kappa shape index (κ1) is 23.9. The number of carboxylic acids is 1. The van der Waals surface area contributed by atoms with Crippen LogP contribution in [0.4, 0.5) is 5.13 Å². The van der Waals surface area contributed by atoms with Gasteiger partial charge in [-0.1, -0.05) is 5.16 Å². The second-order valence-electron chi connectivity index (χ2n) is 6.27. The van der Waals surface area contributed by atoms with Crippen molar-refractivity contribution in [3.05, 3.63) is 21.0 Å². The van der Waals surface area contributed by atoms with E-state index in [1.807, 2.05) is 0 Å². The van der Waals surface area contributed by atoms with E-state index in [2.05, 4.69) is 15.5 Å². The molecular formula is C17H19N5O7S3. The second-order valence-corrected chi connectivity index (χ2v) is 9.43. The molecule has 0 bridgehead atoms. The van der Waals surface area contributed by atoms with E-state index in [1.54, 1.807) is 6.92 Å². The maximum absolute atomic E-state index is 12.8. The lowest BCUT2D eigenvalue weighted by Crippen LogP contribution is -2.72. The van der Waals surface area contributed by atoms with Gasteiger partial charge in [-0.05, 0) is 6.92 Å². The number of nitrogens with zero attached hydrogens (tertiary/aromatic N) is 3. The molecule has 2 atom stereocenters. The largest absolute Gasteiger partial charge is 0.477 e. The number of hydrogen-bond acceptors (Lipinski definition) is 12. The molecule has 2 unspecified atom stereocenters. The Morgan fingerprint density at radius 3 is 2.81 bits per heavy atom. The van der Waals surface area contributed by atoms with Gasteiger partial charge in [0.25, 0.3) is 11.8 Å². The molecule has 1 aromatic rings. The van der Waals surface area contributed by atoms with Gasteiger partial charge in [0.05, 0.1) is 22.6 Å². The number of thiazole rings is 1. The zero-order chi connectivity index (χ0) is 23.4. The van der Waals surface area contributed by atoms with Gasteiger partial charge in [-0.25, -0.2) is 9.78 Å². The average Bonchev–Trinajstić information content (AvgIpc) is 3.19. The van der Waals surface area contributed by atoms with Crippen molar-refractivity contribution >= 4 is 69.5 Å². The van der Waals surface area contributed by atoms with Crippen molar-refractivity contribution in [1.29, 1.82) is 0 Å². The predicted molar refractivity (Wildman–Crippen MR) is 119 cm³/mol. The molecule has 3 rings (SSSR count). The molecule has 0 aromatic carbocycles. The van der Waals surface area contributed by atoms with Crippen molar-refractivity contribution < 1.29 is 33.9 Å². The number of fused-ring (bicyclic) bond motifs is 1. The molecule has 2 amide bonds. The summed E-state index contributed by atoms with van der Waals surface area (Å²) < 4.78 is 5.18. The fourth-order valence-corrected chi connectivity index (χ4v) is 5.91. The highest BCUT2D eigenvalue weighted by molar-refractivity contribution is 8.22. The van der Waals surface area contributed by atoms with E-state index in [1.165, 1.54) is 24.3 Å². The van der Waals surface area contributed by atoms with E-state index in [4.69, 9.17) is 15.3 Å². The van der Waals surface area contributed by atoms with Gasteiger partial charge >= 0.3 is 11.9 Å². The summed E-state index contributed by atoms with van der Waals surface area (Å²) in [6.45, 7) is 1.89. The van der Waals surface area contributed by atoms with Crippen LogP contribution in [-0.2, 0) is 28.8 Å². The Hall–Kier alpha value is -2.78. The van der Waals surface area contributed by atoms with E-state index in [0.717, 1.165) is 28.0 Å². The van der Waals surface area contributed by atoms with Gasteiger partial charge < -0.3 is 25.7 Å². The third-order valence-corrected chi connectivity index (χ3v) is 7.50. The first-order valence-corrected chi connectivity index (χ1v) is 12.0. The minimum atomic E-state index is -1.30. The molecule has 0 spiro atoms. The van der Waals surface area contributed by atoms with Gasteiger partial charge in [-0.3, -0.25) is 19.3 Å². The molecule has 3 heterocycles. The van der Waals surface area contributed by atoms with E-state index in [9.17, 15) is 24.3 Å². The Kier molecular flexibility index (Phi) is 7.63. The van der Waals surface area contributed by atoms with Crippen LogP contribution in [0.2, 0.25) is 0 Å². The summed E-state index contributed by atoms with van der Waals surface area (Å²) in [7, 11) is 1.26. The number of anilines is 1. The Labute approximate surface area is 194 Å². The number of nitrogens with one attached hydrogen (secondary N) is 1. The number of carbonyl (C=O) groups excluding carboxylic acids is 3. The zero-order valence-corrected chi connectivity index (χ0v) is 19.3. The zero-order valence-electron chi connectivity index (χ0n) is 16.9. The molecule has 0 radical (unpaired) electrons. The number of aromatic nitrogens is 1. The monoisotopic (exact) mass is 501 g/mol. The molecule has 0 saturated carbocycles. The first-order chi connectivity index (χ1) is 15.3. The fraction of sp³-hybridized carbons (Fsp3) is 0.412. The number of carboxylic acid groups (broad SMARTS) is 1. The molecule has 0 aliphatic carbocycles. The number of ether oxygens (including phenoxy) is 1. The number of β-lactam (4-membered cyclic amide) rings is 1. The molecular weight excluding hydrogens is 482 g/mol. The summed E-state index contributed by atoms with van der Waals surface area (Å²) in [6.07, 6.45) is 0. The Balaban J connectivity index is 1.74. The number of oxime groups is 1. The van der Waals surface area contributed by atoms with Crippen LogP contribution in [0.5, 0.6) is 0 Å². The third kappa shape index (κ3) is 4.83. The maximum Gasteiger partial charge on any atom is 0.354 e. The molecule has 1 aromatic heterocycles. The fourth-order valence-electron chi connectivity index (χ4n) is 3.01. The second kappa shape index (κ2) is 10.2. The van der Waals surface area contributed by atoms with Crippen LogP contribution in [0, 0.1) is 0 Å². The Morgan fingerprint density at radius 1 is 1.47 bits per heavy atom. The number of nitrogens with two attached hydrogens (primary N) is 1. The van der Waals surface area contributed by atoms with Gasteiger partial charge in [0, 0.05) is 11.1 Å². The van der Waals surface area contributed by atoms with Gasteiger partial charge in [-0.2, -0.15) is 0 Å². The average molecular weight is 502 g/mol. The SMILES string of the molecule is CCOC(=O)CSC1=C(C(=O)O)N2C(=O)C(NC(=O)C(=NOC)c3csc(N)n3)C2CS1. The van der Waals surface area contributed by atoms with Crippen LogP contribution >= 0.6 is 34.9 Å². The van der Waals surface area contributed by atoms with Crippen molar-refractivity contribution in [1.82, 2.24) is 15.2 Å². The number of carbonyl (C=O) groups is 4. The number of esters is 1. The summed E-state index contributed by atoms with van der Waals surface area (Å²) >= 11 is 3.31. The van der Waals surface area contributed by atoms with Crippen molar-refractivity contribution in [3.63, 3.8) is 0 Å². The smallest absolute Gasteiger partial charge is 0.354 e.